The Labute approximate surface area is 360 Å². The molecule has 62 heavy (non-hydrogen) atoms. The summed E-state index contributed by atoms with van der Waals surface area (Å²) >= 11 is 1.85. The molecule has 0 N–H and O–H groups in total. The minimum Gasteiger partial charge on any atom is -0.309 e. The van der Waals surface area contributed by atoms with Crippen LogP contribution in [0.3, 0.4) is 0 Å². The van der Waals surface area contributed by atoms with Crippen LogP contribution in [-0.4, -0.2) is 19.5 Å². The van der Waals surface area contributed by atoms with E-state index < -0.39 is 0 Å². The van der Waals surface area contributed by atoms with E-state index in [-0.39, 0.29) is 0 Å². The molecule has 0 atom stereocenters. The molecule has 0 aliphatic heterocycles. The van der Waals surface area contributed by atoms with Crippen LogP contribution in [0.4, 0.5) is 0 Å². The number of hydrogen-bond donors (Lipinski definition) is 0. The maximum absolute atomic E-state index is 5.24. The highest BCUT2D eigenvalue weighted by Gasteiger charge is 2.20. The Hall–Kier alpha value is -7.99. The summed E-state index contributed by atoms with van der Waals surface area (Å²) in [5, 5.41) is 12.5. The van der Waals surface area contributed by atoms with Gasteiger partial charge in [0.2, 0.25) is 0 Å². The van der Waals surface area contributed by atoms with Crippen molar-refractivity contribution >= 4 is 85.6 Å². The lowest BCUT2D eigenvalue weighted by Gasteiger charge is -2.16. The Morgan fingerprint density at radius 3 is 1.45 bits per heavy atom. The highest BCUT2D eigenvalue weighted by Crippen LogP contribution is 2.43. The Kier molecular flexibility index (Phi) is 7.74. The Balaban J connectivity index is 1.11. The molecule has 3 aromatic heterocycles. The molecule has 0 fully saturated rings. The Morgan fingerprint density at radius 2 is 0.790 bits per heavy atom. The van der Waals surface area contributed by atoms with Gasteiger partial charge in [-0.3, -0.25) is 0 Å². The fourth-order valence-electron chi connectivity index (χ4n) is 9.53. The van der Waals surface area contributed by atoms with Crippen LogP contribution in [0.1, 0.15) is 0 Å². The first kappa shape index (κ1) is 34.8. The van der Waals surface area contributed by atoms with Crippen molar-refractivity contribution in [3.63, 3.8) is 0 Å². The Bertz CT molecular complexity index is 3830. The summed E-state index contributed by atoms with van der Waals surface area (Å²) in [5.41, 5.74) is 8.33. The number of aromatic nitrogens is 4. The molecule has 0 bridgehead atoms. The minimum absolute atomic E-state index is 0.616. The first-order valence-corrected chi connectivity index (χ1v) is 21.7. The van der Waals surface area contributed by atoms with Gasteiger partial charge in [-0.25, -0.2) is 15.0 Å². The molecule has 0 spiro atoms. The molecule has 10 aromatic carbocycles. The molecule has 0 saturated carbocycles. The fourth-order valence-corrected chi connectivity index (χ4v) is 10.6. The first-order chi connectivity index (χ1) is 30.7. The first-order valence-electron chi connectivity index (χ1n) is 20.9. The van der Waals surface area contributed by atoms with E-state index in [1.807, 2.05) is 47.7 Å². The largest absolute Gasteiger partial charge is 0.309 e. The fraction of sp³-hybridized carbons (Fsp3) is 0. The van der Waals surface area contributed by atoms with Crippen LogP contribution < -0.4 is 0 Å². The van der Waals surface area contributed by atoms with Crippen LogP contribution >= 0.6 is 11.3 Å². The van der Waals surface area contributed by atoms with Gasteiger partial charge in [0, 0.05) is 53.3 Å². The molecule has 288 valence electrons. The van der Waals surface area contributed by atoms with Crippen LogP contribution in [0.15, 0.2) is 206 Å². The van der Waals surface area contributed by atoms with E-state index >= 15 is 0 Å². The van der Waals surface area contributed by atoms with Gasteiger partial charge in [-0.05, 0) is 92.0 Å². The zero-order chi connectivity index (χ0) is 40.7. The zero-order valence-corrected chi connectivity index (χ0v) is 34.1. The van der Waals surface area contributed by atoms with Crippen LogP contribution in [0.25, 0.3) is 125 Å². The lowest BCUT2D eigenvalue weighted by Crippen LogP contribution is -2.01. The van der Waals surface area contributed by atoms with Gasteiger partial charge >= 0.3 is 0 Å². The van der Waals surface area contributed by atoms with Gasteiger partial charge in [0.1, 0.15) is 0 Å². The third-order valence-electron chi connectivity index (χ3n) is 12.4. The molecule has 3 heterocycles. The second kappa shape index (κ2) is 13.8. The number of hydrogen-bond acceptors (Lipinski definition) is 4. The van der Waals surface area contributed by atoms with Gasteiger partial charge in [0.05, 0.1) is 11.0 Å². The second-order valence-electron chi connectivity index (χ2n) is 16.0. The zero-order valence-electron chi connectivity index (χ0n) is 33.3. The predicted octanol–water partition coefficient (Wildman–Crippen LogP) is 15.5. The molecule has 0 amide bonds. The van der Waals surface area contributed by atoms with E-state index in [2.05, 4.69) is 174 Å². The summed E-state index contributed by atoms with van der Waals surface area (Å²) in [6.45, 7) is 0. The van der Waals surface area contributed by atoms with Crippen molar-refractivity contribution in [3.8, 4) is 51.0 Å². The number of rotatable bonds is 5. The average Bonchev–Trinajstić information content (AvgIpc) is 3.88. The predicted molar refractivity (Wildman–Crippen MR) is 261 cm³/mol. The van der Waals surface area contributed by atoms with Crippen molar-refractivity contribution in [1.29, 1.82) is 0 Å². The van der Waals surface area contributed by atoms with Crippen molar-refractivity contribution in [3.05, 3.63) is 206 Å². The summed E-state index contributed by atoms with van der Waals surface area (Å²) < 4.78 is 5.00. The quantitative estimate of drug-likeness (QED) is 0.163. The maximum Gasteiger partial charge on any atom is 0.164 e. The second-order valence-corrected chi connectivity index (χ2v) is 17.1. The van der Waals surface area contributed by atoms with Crippen molar-refractivity contribution in [1.82, 2.24) is 19.5 Å². The van der Waals surface area contributed by atoms with E-state index in [1.165, 1.54) is 63.3 Å². The van der Waals surface area contributed by atoms with Gasteiger partial charge in [0.25, 0.3) is 0 Å². The summed E-state index contributed by atoms with van der Waals surface area (Å²) in [7, 11) is 0. The van der Waals surface area contributed by atoms with Crippen LogP contribution in [0.5, 0.6) is 0 Å². The van der Waals surface area contributed by atoms with Crippen molar-refractivity contribution in [2.24, 2.45) is 0 Å². The molecule has 0 aliphatic carbocycles. The van der Waals surface area contributed by atoms with E-state index in [1.54, 1.807) is 0 Å². The molecule has 0 aliphatic rings. The molecular formula is C57H34N4S. The topological polar surface area (TPSA) is 43.6 Å². The Morgan fingerprint density at radius 1 is 0.274 bits per heavy atom. The normalized spacial score (nSPS) is 11.9. The molecule has 13 rings (SSSR count). The van der Waals surface area contributed by atoms with Crippen molar-refractivity contribution < 1.29 is 0 Å². The smallest absolute Gasteiger partial charge is 0.164 e. The van der Waals surface area contributed by atoms with Gasteiger partial charge in [0.15, 0.2) is 17.5 Å². The standard InChI is InChI=1S/C57H34N4S/c1-3-15-35(16-4-1)55-58-56(36-17-5-2-6-18-36)60-57(59-55)39-29-38(37-27-28-45-43-21-8-7-19-41(43)42-20-9-10-22-44(42)48(45)32-37)30-40(31-39)61-51-25-13-11-23-46(51)49-33-50-47-24-12-14-26-53(47)62-54(50)34-52(49)61/h1-34H. The van der Waals surface area contributed by atoms with E-state index in [0.717, 1.165) is 44.5 Å². The monoisotopic (exact) mass is 806 g/mol. The summed E-state index contributed by atoms with van der Waals surface area (Å²) in [6, 6.07) is 74.1. The van der Waals surface area contributed by atoms with Gasteiger partial charge in [-0.15, -0.1) is 11.3 Å². The van der Waals surface area contributed by atoms with E-state index in [9.17, 15) is 0 Å². The van der Waals surface area contributed by atoms with E-state index in [0.29, 0.717) is 17.5 Å². The number of fused-ring (bicyclic) bond motifs is 12. The van der Waals surface area contributed by atoms with Gasteiger partial charge in [-0.2, -0.15) is 0 Å². The van der Waals surface area contributed by atoms with Crippen molar-refractivity contribution in [2.45, 2.75) is 0 Å². The number of thiophene rings is 1. The molecule has 0 saturated heterocycles. The minimum atomic E-state index is 0.616. The molecule has 5 heteroatoms. The third kappa shape index (κ3) is 5.49. The summed E-state index contributed by atoms with van der Waals surface area (Å²) in [5.74, 6) is 1.88. The van der Waals surface area contributed by atoms with Crippen LogP contribution in [0, 0.1) is 0 Å². The van der Waals surface area contributed by atoms with Gasteiger partial charge < -0.3 is 4.57 Å². The molecule has 4 nitrogen and oxygen atoms in total. The van der Waals surface area contributed by atoms with E-state index in [4.69, 9.17) is 15.0 Å². The molecule has 0 radical (unpaired) electrons. The maximum atomic E-state index is 5.24. The lowest BCUT2D eigenvalue weighted by atomic mass is 9.91. The SMILES string of the molecule is c1ccc(-c2nc(-c3ccccc3)nc(-c3cc(-c4ccc5c6ccccc6c6ccccc6c5c4)cc(-n4c5ccccc5c5cc6c(cc54)sc4ccccc46)c3)n2)cc1. The molecular weight excluding hydrogens is 773 g/mol. The number of nitrogens with zero attached hydrogens (tertiary/aromatic N) is 4. The third-order valence-corrected chi connectivity index (χ3v) is 13.5. The molecule has 13 aromatic rings. The van der Waals surface area contributed by atoms with Crippen molar-refractivity contribution in [2.75, 3.05) is 0 Å². The highest BCUT2D eigenvalue weighted by atomic mass is 32.1. The number of para-hydroxylation sites is 1. The van der Waals surface area contributed by atoms with Crippen LogP contribution in [-0.2, 0) is 0 Å². The van der Waals surface area contributed by atoms with Crippen LogP contribution in [0.2, 0.25) is 0 Å². The van der Waals surface area contributed by atoms with Gasteiger partial charge in [-0.1, -0.05) is 158 Å². The lowest BCUT2D eigenvalue weighted by molar-refractivity contribution is 1.07. The highest BCUT2D eigenvalue weighted by molar-refractivity contribution is 7.25. The average molecular weight is 807 g/mol. The summed E-state index contributed by atoms with van der Waals surface area (Å²) in [4.78, 5) is 15.5. The summed E-state index contributed by atoms with van der Waals surface area (Å²) in [6.07, 6.45) is 0. The number of benzene rings is 10. The molecule has 0 unspecified atom stereocenters.